The molecule has 1 fully saturated rings. The summed E-state index contributed by atoms with van der Waals surface area (Å²) in [6.45, 7) is 4.19. The Balaban J connectivity index is 2.07. The van der Waals surface area contributed by atoms with Crippen LogP contribution < -0.4 is 15.0 Å². The van der Waals surface area contributed by atoms with Gasteiger partial charge in [-0.15, -0.1) is 0 Å². The number of hydrogen-bond donors (Lipinski definition) is 1. The maximum atomic E-state index is 12.0. The van der Waals surface area contributed by atoms with Gasteiger partial charge in [0.2, 0.25) is 12.2 Å². The molecule has 0 radical (unpaired) electrons. The minimum atomic E-state index is -1.42. The van der Waals surface area contributed by atoms with Gasteiger partial charge in [-0.2, -0.15) is 0 Å². The number of carbonyl (C=O) groups excluding carboxylic acids is 4. The summed E-state index contributed by atoms with van der Waals surface area (Å²) in [5, 5.41) is 2.34. The number of carbonyl (C=O) groups is 4. The second-order valence-electron chi connectivity index (χ2n) is 7.62. The number of esters is 3. The van der Waals surface area contributed by atoms with E-state index in [1.165, 1.54) is 13.0 Å². The van der Waals surface area contributed by atoms with Gasteiger partial charge in [0.15, 0.2) is 17.8 Å². The standard InChI is InChI=1S/C21H21Cl2NO11S/c1-7(25)24-16-19(32-10(4)28)17(31-9(3)27)12(6-30-8(2)26)34-20(16)33-11-5-13-18(15(23)14(11)22)35-21(29)36-13/h5,12,16-17,19-20H,6H2,1-4H3,(H,24,25)/t12-,16+,17-,19+,20-/m1/s1. The van der Waals surface area contributed by atoms with Crippen LogP contribution in [-0.2, 0) is 38.1 Å². The normalized spacial score (nSPS) is 23.6. The molecule has 0 spiro atoms. The Morgan fingerprint density at radius 1 is 1.00 bits per heavy atom. The lowest BCUT2D eigenvalue weighted by Gasteiger charge is -2.44. The van der Waals surface area contributed by atoms with E-state index in [0.29, 0.717) is 4.70 Å². The molecule has 5 atom stereocenters. The highest BCUT2D eigenvalue weighted by molar-refractivity contribution is 7.16. The molecule has 1 aliphatic rings. The zero-order chi connectivity index (χ0) is 26.7. The topological polar surface area (TPSA) is 157 Å². The molecule has 1 aromatic heterocycles. The minimum Gasteiger partial charge on any atom is -0.463 e. The van der Waals surface area contributed by atoms with Crippen molar-refractivity contribution in [1.82, 2.24) is 5.32 Å². The number of rotatable bonds is 7. The Morgan fingerprint density at radius 3 is 2.22 bits per heavy atom. The summed E-state index contributed by atoms with van der Waals surface area (Å²) in [6.07, 6.45) is -5.21. The van der Waals surface area contributed by atoms with Gasteiger partial charge in [0, 0.05) is 33.8 Å². The van der Waals surface area contributed by atoms with E-state index in [9.17, 15) is 24.0 Å². The van der Waals surface area contributed by atoms with Crippen LogP contribution in [0.5, 0.6) is 5.75 Å². The molecule has 0 saturated carbocycles. The van der Waals surface area contributed by atoms with Crippen molar-refractivity contribution in [2.75, 3.05) is 6.61 Å². The van der Waals surface area contributed by atoms with Crippen molar-refractivity contribution >= 4 is 68.6 Å². The third kappa shape index (κ3) is 6.46. The summed E-state index contributed by atoms with van der Waals surface area (Å²) in [6, 6.07) is 0.158. The number of benzene rings is 1. The predicted molar refractivity (Wildman–Crippen MR) is 125 cm³/mol. The lowest BCUT2D eigenvalue weighted by atomic mass is 9.96. The van der Waals surface area contributed by atoms with E-state index in [1.54, 1.807) is 0 Å². The van der Waals surface area contributed by atoms with E-state index in [4.69, 9.17) is 51.3 Å². The Labute approximate surface area is 217 Å². The van der Waals surface area contributed by atoms with Crippen LogP contribution in [0.15, 0.2) is 15.3 Å². The van der Waals surface area contributed by atoms with Crippen LogP contribution in [0.1, 0.15) is 27.7 Å². The number of fused-ring (bicyclic) bond motifs is 1. The van der Waals surface area contributed by atoms with Crippen LogP contribution in [0.2, 0.25) is 10.0 Å². The largest absolute Gasteiger partial charge is 0.463 e. The van der Waals surface area contributed by atoms with Gasteiger partial charge in [-0.05, 0) is 0 Å². The van der Waals surface area contributed by atoms with E-state index in [2.05, 4.69) is 5.32 Å². The maximum Gasteiger partial charge on any atom is 0.396 e. The molecule has 1 aliphatic heterocycles. The van der Waals surface area contributed by atoms with Crippen LogP contribution in [0, 0.1) is 0 Å². The fraction of sp³-hybridized carbons (Fsp3) is 0.476. The summed E-state index contributed by atoms with van der Waals surface area (Å²) in [4.78, 5) is 58.3. The third-order valence-electron chi connectivity index (χ3n) is 4.79. The van der Waals surface area contributed by atoms with Crippen molar-refractivity contribution in [2.24, 2.45) is 0 Å². The molecule has 36 heavy (non-hydrogen) atoms. The number of amides is 1. The SMILES string of the molecule is CC(=O)N[C@@H]1[C@H](Oc2cc3sc(=O)oc3c(Cl)c2Cl)O[C@H](COC(C)=O)[C@@H](OC(C)=O)[C@H]1OC(C)=O. The van der Waals surface area contributed by atoms with Crippen molar-refractivity contribution in [2.45, 2.75) is 58.3 Å². The van der Waals surface area contributed by atoms with Gasteiger partial charge in [-0.25, -0.2) is 4.79 Å². The lowest BCUT2D eigenvalue weighted by molar-refractivity contribution is -0.257. The van der Waals surface area contributed by atoms with Crippen LogP contribution in [0.4, 0.5) is 0 Å². The molecular weight excluding hydrogens is 545 g/mol. The Bertz CT molecular complexity index is 1240. The van der Waals surface area contributed by atoms with Gasteiger partial charge in [-0.3, -0.25) is 19.2 Å². The van der Waals surface area contributed by atoms with E-state index < -0.39 is 66.0 Å². The number of halogens is 2. The molecule has 1 amide bonds. The van der Waals surface area contributed by atoms with Crippen LogP contribution >= 0.6 is 34.5 Å². The van der Waals surface area contributed by atoms with Gasteiger partial charge in [0.25, 0.3) is 0 Å². The van der Waals surface area contributed by atoms with Crippen LogP contribution in [0.3, 0.4) is 0 Å². The molecule has 2 aromatic rings. The van der Waals surface area contributed by atoms with Gasteiger partial charge >= 0.3 is 22.8 Å². The Hall–Kier alpha value is -2.87. The molecule has 1 N–H and O–H groups in total. The molecule has 0 bridgehead atoms. The van der Waals surface area contributed by atoms with Gasteiger partial charge in [0.1, 0.15) is 34.5 Å². The molecule has 0 aliphatic carbocycles. The van der Waals surface area contributed by atoms with Crippen molar-refractivity contribution in [1.29, 1.82) is 0 Å². The first kappa shape index (κ1) is 27.7. The highest BCUT2D eigenvalue weighted by Gasteiger charge is 2.52. The van der Waals surface area contributed by atoms with Crippen LogP contribution in [-0.4, -0.2) is 61.1 Å². The fourth-order valence-electron chi connectivity index (χ4n) is 3.53. The Kier molecular flexibility index (Phi) is 8.82. The highest BCUT2D eigenvalue weighted by atomic mass is 35.5. The third-order valence-corrected chi connectivity index (χ3v) is 6.39. The van der Waals surface area contributed by atoms with Crippen LogP contribution in [0.25, 0.3) is 10.3 Å². The molecule has 15 heteroatoms. The van der Waals surface area contributed by atoms with Gasteiger partial charge < -0.3 is 33.4 Å². The number of nitrogens with one attached hydrogen (secondary N) is 1. The average Bonchev–Trinajstić information content (AvgIpc) is 3.13. The zero-order valence-electron chi connectivity index (χ0n) is 19.3. The summed E-state index contributed by atoms with van der Waals surface area (Å²) in [5.41, 5.74) is 0.0624. The number of ether oxygens (including phenoxy) is 5. The van der Waals surface area contributed by atoms with Gasteiger partial charge in [0.05, 0.1) is 4.70 Å². The molecule has 12 nitrogen and oxygen atoms in total. The second kappa shape index (κ2) is 11.5. The predicted octanol–water partition coefficient (Wildman–Crippen LogP) is 2.20. The molecule has 1 saturated heterocycles. The van der Waals surface area contributed by atoms with Crippen molar-refractivity contribution in [3.05, 3.63) is 25.8 Å². The smallest absolute Gasteiger partial charge is 0.396 e. The Morgan fingerprint density at radius 2 is 1.64 bits per heavy atom. The summed E-state index contributed by atoms with van der Waals surface area (Å²) in [5.74, 6) is -2.76. The summed E-state index contributed by atoms with van der Waals surface area (Å²) in [7, 11) is 0. The average molecular weight is 566 g/mol. The maximum absolute atomic E-state index is 12.0. The molecule has 1 aromatic carbocycles. The van der Waals surface area contributed by atoms with Crippen molar-refractivity contribution in [3.63, 3.8) is 0 Å². The van der Waals surface area contributed by atoms with Crippen molar-refractivity contribution in [3.8, 4) is 5.75 Å². The molecule has 2 heterocycles. The molecular formula is C21H21Cl2NO11S. The second-order valence-corrected chi connectivity index (χ2v) is 9.36. The molecule has 0 unspecified atom stereocenters. The summed E-state index contributed by atoms with van der Waals surface area (Å²) < 4.78 is 33.0. The molecule has 196 valence electrons. The van der Waals surface area contributed by atoms with E-state index >= 15 is 0 Å². The minimum absolute atomic E-state index is 0.0506. The first-order valence-electron chi connectivity index (χ1n) is 10.4. The van der Waals surface area contributed by atoms with Gasteiger partial charge in [-0.1, -0.05) is 34.5 Å². The number of hydrogen-bond acceptors (Lipinski definition) is 12. The van der Waals surface area contributed by atoms with E-state index in [0.717, 1.165) is 32.1 Å². The first-order chi connectivity index (χ1) is 16.9. The lowest BCUT2D eigenvalue weighted by Crippen LogP contribution is -2.67. The van der Waals surface area contributed by atoms with Crippen molar-refractivity contribution < 1.29 is 47.3 Å². The fourth-order valence-corrected chi connectivity index (χ4v) is 4.71. The molecule has 3 rings (SSSR count). The first-order valence-corrected chi connectivity index (χ1v) is 11.9. The monoisotopic (exact) mass is 565 g/mol. The van der Waals surface area contributed by atoms with E-state index in [-0.39, 0.29) is 21.4 Å². The summed E-state index contributed by atoms with van der Waals surface area (Å²) >= 11 is 13.3. The quantitative estimate of drug-likeness (QED) is 0.387. The highest BCUT2D eigenvalue weighted by Crippen LogP contribution is 2.41. The van der Waals surface area contributed by atoms with E-state index in [1.807, 2.05) is 0 Å². The zero-order valence-corrected chi connectivity index (χ0v) is 21.7.